The Labute approximate surface area is 171 Å². The lowest BCUT2D eigenvalue weighted by atomic mass is 9.60. The maximum atomic E-state index is 6.72. The molecule has 0 atom stereocenters. The van der Waals surface area contributed by atoms with Crippen LogP contribution in [0.25, 0.3) is 0 Å². The summed E-state index contributed by atoms with van der Waals surface area (Å²) < 4.78 is 0. The molecule has 1 saturated heterocycles. The fourth-order valence-corrected chi connectivity index (χ4v) is 5.88. The van der Waals surface area contributed by atoms with E-state index in [9.17, 15) is 0 Å². The zero-order valence-electron chi connectivity index (χ0n) is 17.7. The zero-order chi connectivity index (χ0) is 19.5. The average Bonchev–Trinajstić information content (AvgIpc) is 2.81. The van der Waals surface area contributed by atoms with E-state index in [1.807, 2.05) is 0 Å². The SMILES string of the molecule is CC1(C)CC(c2ccc(C#CCN3CCCCCC3)cc2Cl)CC(C)(C)C1. The van der Waals surface area contributed by atoms with Gasteiger partial charge in [0.05, 0.1) is 6.54 Å². The molecule has 0 amide bonds. The molecule has 1 aromatic carbocycles. The molecule has 0 radical (unpaired) electrons. The molecule has 0 spiro atoms. The molecule has 0 aromatic heterocycles. The minimum atomic E-state index is 0.376. The van der Waals surface area contributed by atoms with Gasteiger partial charge in [-0.15, -0.1) is 0 Å². The molecule has 2 aliphatic rings. The molecular formula is C25H36ClN. The van der Waals surface area contributed by atoms with E-state index in [1.54, 1.807) is 0 Å². The van der Waals surface area contributed by atoms with Crippen molar-refractivity contribution in [2.75, 3.05) is 19.6 Å². The molecule has 2 heteroatoms. The highest BCUT2D eigenvalue weighted by molar-refractivity contribution is 6.31. The number of likely N-dealkylation sites (tertiary alicyclic amines) is 1. The summed E-state index contributed by atoms with van der Waals surface area (Å²) in [5.74, 6) is 7.26. The Bertz CT molecular complexity index is 683. The molecule has 1 aliphatic heterocycles. The third-order valence-corrected chi connectivity index (χ3v) is 6.56. The highest BCUT2D eigenvalue weighted by Gasteiger charge is 2.39. The van der Waals surface area contributed by atoms with Crippen LogP contribution >= 0.6 is 11.6 Å². The largest absolute Gasteiger partial charge is 0.292 e. The molecule has 148 valence electrons. The summed E-state index contributed by atoms with van der Waals surface area (Å²) in [4.78, 5) is 2.49. The summed E-state index contributed by atoms with van der Waals surface area (Å²) >= 11 is 6.72. The first kappa shape index (κ1) is 20.8. The van der Waals surface area contributed by atoms with Crippen molar-refractivity contribution in [2.45, 2.75) is 78.6 Å². The molecule has 0 unspecified atom stereocenters. The van der Waals surface area contributed by atoms with Gasteiger partial charge in [0.2, 0.25) is 0 Å². The van der Waals surface area contributed by atoms with Crippen molar-refractivity contribution in [1.29, 1.82) is 0 Å². The molecule has 1 aliphatic carbocycles. The lowest BCUT2D eigenvalue weighted by Crippen LogP contribution is -2.33. The van der Waals surface area contributed by atoms with Crippen molar-refractivity contribution in [3.8, 4) is 11.8 Å². The standard InChI is InChI=1S/C25H36ClN/c1-24(2)17-21(18-25(3,4)19-24)22-12-11-20(16-23(22)26)10-9-15-27-13-7-5-6-8-14-27/h11-12,16,21H,5-8,13-15,17-19H2,1-4H3. The van der Waals surface area contributed by atoms with Gasteiger partial charge in [0.1, 0.15) is 0 Å². The first-order valence-corrected chi connectivity index (χ1v) is 11.1. The van der Waals surface area contributed by atoms with Crippen LogP contribution in [0.2, 0.25) is 5.02 Å². The Morgan fingerprint density at radius 1 is 1.00 bits per heavy atom. The van der Waals surface area contributed by atoms with Crippen LogP contribution < -0.4 is 0 Å². The van der Waals surface area contributed by atoms with Gasteiger partial charge in [0.15, 0.2) is 0 Å². The van der Waals surface area contributed by atoms with Gasteiger partial charge in [-0.25, -0.2) is 0 Å². The highest BCUT2D eigenvalue weighted by Crippen LogP contribution is 2.52. The summed E-state index contributed by atoms with van der Waals surface area (Å²) in [6, 6.07) is 6.49. The summed E-state index contributed by atoms with van der Waals surface area (Å²) in [5, 5.41) is 0.898. The van der Waals surface area contributed by atoms with Crippen LogP contribution in [0.3, 0.4) is 0 Å². The highest BCUT2D eigenvalue weighted by atomic mass is 35.5. The van der Waals surface area contributed by atoms with Gasteiger partial charge in [-0.3, -0.25) is 4.90 Å². The van der Waals surface area contributed by atoms with Crippen LogP contribution in [-0.2, 0) is 0 Å². The van der Waals surface area contributed by atoms with E-state index < -0.39 is 0 Å². The van der Waals surface area contributed by atoms with Gasteiger partial charge in [0, 0.05) is 10.6 Å². The molecule has 3 rings (SSSR count). The van der Waals surface area contributed by atoms with Gasteiger partial charge in [-0.2, -0.15) is 0 Å². The van der Waals surface area contributed by atoms with Crippen molar-refractivity contribution in [1.82, 2.24) is 4.90 Å². The Kier molecular flexibility index (Phi) is 6.60. The first-order valence-electron chi connectivity index (χ1n) is 10.7. The quantitative estimate of drug-likeness (QED) is 0.501. The average molecular weight is 386 g/mol. The molecule has 0 N–H and O–H groups in total. The monoisotopic (exact) mass is 385 g/mol. The third-order valence-electron chi connectivity index (χ3n) is 6.23. The lowest BCUT2D eigenvalue weighted by molar-refractivity contribution is 0.0969. The minimum Gasteiger partial charge on any atom is -0.292 e. The van der Waals surface area contributed by atoms with E-state index in [4.69, 9.17) is 11.6 Å². The predicted molar refractivity (Wildman–Crippen MR) is 117 cm³/mol. The molecular weight excluding hydrogens is 350 g/mol. The van der Waals surface area contributed by atoms with E-state index in [-0.39, 0.29) is 0 Å². The van der Waals surface area contributed by atoms with Crippen LogP contribution in [0.4, 0.5) is 0 Å². The molecule has 1 heterocycles. The Balaban J connectivity index is 1.68. The Morgan fingerprint density at radius 3 is 2.22 bits per heavy atom. The second-order valence-electron chi connectivity index (χ2n) is 10.3. The molecule has 1 nitrogen and oxygen atoms in total. The third kappa shape index (κ3) is 6.00. The van der Waals surface area contributed by atoms with Crippen molar-refractivity contribution in [3.63, 3.8) is 0 Å². The van der Waals surface area contributed by atoms with Crippen LogP contribution in [-0.4, -0.2) is 24.5 Å². The maximum Gasteiger partial charge on any atom is 0.0605 e. The van der Waals surface area contributed by atoms with Crippen LogP contribution in [0, 0.1) is 22.7 Å². The van der Waals surface area contributed by atoms with Gasteiger partial charge in [0.25, 0.3) is 0 Å². The number of halogens is 1. The fourth-order valence-electron chi connectivity index (χ4n) is 5.55. The normalized spacial score (nSPS) is 23.3. The lowest BCUT2D eigenvalue weighted by Gasteiger charge is -2.45. The number of rotatable bonds is 2. The van der Waals surface area contributed by atoms with Crippen LogP contribution in [0.5, 0.6) is 0 Å². The number of benzene rings is 1. The van der Waals surface area contributed by atoms with Gasteiger partial charge in [-0.1, -0.05) is 70.0 Å². The molecule has 0 bridgehead atoms. The minimum absolute atomic E-state index is 0.376. The summed E-state index contributed by atoms with van der Waals surface area (Å²) in [7, 11) is 0. The number of nitrogens with zero attached hydrogens (tertiary/aromatic N) is 1. The molecule has 1 saturated carbocycles. The van der Waals surface area contributed by atoms with Crippen molar-refractivity contribution in [3.05, 3.63) is 34.3 Å². The Hall–Kier alpha value is -0.970. The molecule has 27 heavy (non-hydrogen) atoms. The zero-order valence-corrected chi connectivity index (χ0v) is 18.5. The number of hydrogen-bond donors (Lipinski definition) is 0. The maximum absolute atomic E-state index is 6.72. The van der Waals surface area contributed by atoms with E-state index in [1.165, 1.54) is 63.6 Å². The first-order chi connectivity index (χ1) is 12.7. The van der Waals surface area contributed by atoms with Crippen LogP contribution in [0.15, 0.2) is 18.2 Å². The van der Waals surface area contributed by atoms with E-state index >= 15 is 0 Å². The Morgan fingerprint density at radius 2 is 1.63 bits per heavy atom. The van der Waals surface area contributed by atoms with Gasteiger partial charge in [-0.05, 0) is 79.6 Å². The molecule has 2 fully saturated rings. The summed E-state index contributed by atoms with van der Waals surface area (Å²) in [5.41, 5.74) is 3.12. The second-order valence-corrected chi connectivity index (χ2v) is 10.7. The second kappa shape index (κ2) is 8.59. The summed E-state index contributed by atoms with van der Waals surface area (Å²) in [6.45, 7) is 12.9. The topological polar surface area (TPSA) is 3.24 Å². The summed E-state index contributed by atoms with van der Waals surface area (Å²) in [6.07, 6.45) is 9.10. The van der Waals surface area contributed by atoms with Crippen molar-refractivity contribution in [2.24, 2.45) is 10.8 Å². The van der Waals surface area contributed by atoms with E-state index in [0.29, 0.717) is 16.7 Å². The fraction of sp³-hybridized carbons (Fsp3) is 0.680. The number of hydrogen-bond acceptors (Lipinski definition) is 1. The smallest absolute Gasteiger partial charge is 0.0605 e. The predicted octanol–water partition coefficient (Wildman–Crippen LogP) is 6.89. The van der Waals surface area contributed by atoms with Gasteiger partial charge >= 0.3 is 0 Å². The van der Waals surface area contributed by atoms with Crippen LogP contribution in [0.1, 0.15) is 89.7 Å². The molecule has 1 aromatic rings. The van der Waals surface area contributed by atoms with Crippen molar-refractivity contribution >= 4 is 11.6 Å². The van der Waals surface area contributed by atoms with E-state index in [0.717, 1.165) is 17.1 Å². The van der Waals surface area contributed by atoms with E-state index in [2.05, 4.69) is 62.6 Å². The van der Waals surface area contributed by atoms with Crippen molar-refractivity contribution < 1.29 is 0 Å². The van der Waals surface area contributed by atoms with Gasteiger partial charge < -0.3 is 0 Å².